The van der Waals surface area contributed by atoms with Crippen LogP contribution in [-0.4, -0.2) is 34.4 Å². The fraction of sp³-hybridized carbons (Fsp3) is 0.222. The van der Waals surface area contributed by atoms with Gasteiger partial charge in [0.05, 0.1) is 35.2 Å². The number of anilines is 1. The van der Waals surface area contributed by atoms with Crippen LogP contribution in [0.25, 0.3) is 11.3 Å². The van der Waals surface area contributed by atoms with Crippen LogP contribution in [0.15, 0.2) is 40.7 Å². The van der Waals surface area contributed by atoms with E-state index < -0.39 is 6.29 Å². The minimum atomic E-state index is -3.74. The van der Waals surface area contributed by atoms with Crippen LogP contribution >= 0.6 is 11.6 Å². The van der Waals surface area contributed by atoms with Gasteiger partial charge in [-0.2, -0.15) is 0 Å². The van der Waals surface area contributed by atoms with E-state index in [9.17, 15) is 13.6 Å². The minimum absolute atomic E-state index is 0.143. The molecule has 2 aromatic rings. The van der Waals surface area contributed by atoms with Crippen molar-refractivity contribution < 1.29 is 23.0 Å². The molecule has 28 heavy (non-hydrogen) atoms. The zero-order valence-electron chi connectivity index (χ0n) is 14.7. The molecule has 0 unspecified atom stereocenters. The topological polar surface area (TPSA) is 85.7 Å². The highest BCUT2D eigenvalue weighted by molar-refractivity contribution is 6.33. The lowest BCUT2D eigenvalue weighted by molar-refractivity contribution is -0.286. The summed E-state index contributed by atoms with van der Waals surface area (Å²) in [6.45, 7) is 4.11. The van der Waals surface area contributed by atoms with Crippen LogP contribution in [0.1, 0.15) is 13.8 Å². The Labute approximate surface area is 163 Å². The molecule has 0 saturated heterocycles. The van der Waals surface area contributed by atoms with Crippen LogP contribution in [0.5, 0.6) is 11.5 Å². The van der Waals surface area contributed by atoms with Crippen LogP contribution in [0.3, 0.4) is 0 Å². The van der Waals surface area contributed by atoms with Gasteiger partial charge in [-0.3, -0.25) is 14.8 Å². The fourth-order valence-electron chi connectivity index (χ4n) is 2.94. The standard InChI is InChI=1S/C18H13ClF2N4O3/c1-8-5-22-9(2)16(8)17(26)25-15-7-23-12(6-24-15)10-3-13-14(4-11(10)19)28-18(20,21)27-13/h3-4,6-7H,5H2,1-2H3,(H,24,25,26). The molecule has 2 aliphatic heterocycles. The molecule has 1 aromatic heterocycles. The number of hydrogen-bond donors (Lipinski definition) is 1. The van der Waals surface area contributed by atoms with Gasteiger partial charge in [0.1, 0.15) is 0 Å². The molecule has 0 fully saturated rings. The SMILES string of the molecule is CC1=NCC(C)=C1C(=O)Nc1cnc(-c2cc3c(cc2Cl)OC(F)(F)O3)cn1. The molecule has 0 saturated carbocycles. The second-order valence-electron chi connectivity index (χ2n) is 6.24. The zero-order chi connectivity index (χ0) is 20.1. The number of nitrogens with zero attached hydrogens (tertiary/aromatic N) is 3. The van der Waals surface area contributed by atoms with Gasteiger partial charge >= 0.3 is 6.29 Å². The van der Waals surface area contributed by atoms with Crippen molar-refractivity contribution in [3.05, 3.63) is 40.7 Å². The molecular formula is C18H13ClF2N4O3. The predicted molar refractivity (Wildman–Crippen MR) is 98.0 cm³/mol. The summed E-state index contributed by atoms with van der Waals surface area (Å²) >= 11 is 6.14. The second-order valence-corrected chi connectivity index (χ2v) is 6.65. The molecule has 3 heterocycles. The molecule has 0 bridgehead atoms. The summed E-state index contributed by atoms with van der Waals surface area (Å²) in [4.78, 5) is 25.0. The summed E-state index contributed by atoms with van der Waals surface area (Å²) in [7, 11) is 0. The first-order valence-corrected chi connectivity index (χ1v) is 8.55. The lowest BCUT2D eigenvalue weighted by Gasteiger charge is -2.08. The smallest absolute Gasteiger partial charge is 0.395 e. The van der Waals surface area contributed by atoms with E-state index in [2.05, 4.69) is 29.8 Å². The minimum Gasteiger partial charge on any atom is -0.395 e. The number of aliphatic imine (C=N–C) groups is 1. The highest BCUT2D eigenvalue weighted by Crippen LogP contribution is 2.45. The van der Waals surface area contributed by atoms with Gasteiger partial charge in [-0.25, -0.2) is 4.98 Å². The van der Waals surface area contributed by atoms with Crippen LogP contribution < -0.4 is 14.8 Å². The molecule has 0 aliphatic carbocycles. The Balaban J connectivity index is 1.56. The van der Waals surface area contributed by atoms with Crippen LogP contribution in [0.4, 0.5) is 14.6 Å². The number of nitrogens with one attached hydrogen (secondary N) is 1. The quantitative estimate of drug-likeness (QED) is 0.836. The van der Waals surface area contributed by atoms with Crippen LogP contribution in [0.2, 0.25) is 5.02 Å². The van der Waals surface area contributed by atoms with Crippen molar-refractivity contribution in [3.8, 4) is 22.8 Å². The van der Waals surface area contributed by atoms with Crippen molar-refractivity contribution in [2.24, 2.45) is 4.99 Å². The number of alkyl halides is 2. The van der Waals surface area contributed by atoms with Gasteiger partial charge in [0.15, 0.2) is 17.3 Å². The number of aromatic nitrogens is 2. The molecule has 1 amide bonds. The third-order valence-electron chi connectivity index (χ3n) is 4.23. The monoisotopic (exact) mass is 406 g/mol. The Kier molecular flexibility index (Phi) is 4.26. The van der Waals surface area contributed by atoms with Crippen LogP contribution in [-0.2, 0) is 4.79 Å². The van der Waals surface area contributed by atoms with Gasteiger partial charge < -0.3 is 14.8 Å². The normalized spacial score (nSPS) is 17.0. The second kappa shape index (κ2) is 6.52. The maximum atomic E-state index is 13.2. The lowest BCUT2D eigenvalue weighted by atomic mass is 10.1. The summed E-state index contributed by atoms with van der Waals surface area (Å²) in [5.41, 5.74) is 2.74. The van der Waals surface area contributed by atoms with E-state index in [1.807, 2.05) is 6.92 Å². The molecule has 7 nitrogen and oxygen atoms in total. The van der Waals surface area contributed by atoms with Crippen molar-refractivity contribution in [2.75, 3.05) is 11.9 Å². The highest BCUT2D eigenvalue weighted by atomic mass is 35.5. The van der Waals surface area contributed by atoms with Crippen molar-refractivity contribution >= 4 is 29.0 Å². The number of benzene rings is 1. The highest BCUT2D eigenvalue weighted by Gasteiger charge is 2.43. The van der Waals surface area contributed by atoms with Crippen molar-refractivity contribution in [3.63, 3.8) is 0 Å². The van der Waals surface area contributed by atoms with E-state index in [0.717, 1.165) is 5.57 Å². The van der Waals surface area contributed by atoms with Gasteiger partial charge in [0.25, 0.3) is 5.91 Å². The third kappa shape index (κ3) is 3.29. The zero-order valence-corrected chi connectivity index (χ0v) is 15.5. The van der Waals surface area contributed by atoms with E-state index in [4.69, 9.17) is 11.6 Å². The Morgan fingerprint density at radius 2 is 1.89 bits per heavy atom. The van der Waals surface area contributed by atoms with E-state index in [-0.39, 0.29) is 28.2 Å². The number of fused-ring (bicyclic) bond motifs is 1. The Bertz CT molecular complexity index is 1050. The molecule has 1 N–H and O–H groups in total. The lowest BCUT2D eigenvalue weighted by Crippen LogP contribution is -2.25. The fourth-order valence-corrected chi connectivity index (χ4v) is 3.19. The first-order valence-electron chi connectivity index (χ1n) is 8.18. The number of rotatable bonds is 3. The van der Waals surface area contributed by atoms with Gasteiger partial charge in [0.2, 0.25) is 0 Å². The molecule has 0 spiro atoms. The van der Waals surface area contributed by atoms with Crippen molar-refractivity contribution in [1.29, 1.82) is 0 Å². The van der Waals surface area contributed by atoms with Crippen LogP contribution in [0, 0.1) is 0 Å². The molecule has 0 atom stereocenters. The third-order valence-corrected chi connectivity index (χ3v) is 4.54. The molecule has 1 aromatic carbocycles. The Morgan fingerprint density at radius 3 is 2.50 bits per heavy atom. The number of amides is 1. The first-order chi connectivity index (χ1) is 13.2. The largest absolute Gasteiger partial charge is 0.586 e. The van der Waals surface area contributed by atoms with Gasteiger partial charge in [0, 0.05) is 17.3 Å². The van der Waals surface area contributed by atoms with Crippen molar-refractivity contribution in [2.45, 2.75) is 20.1 Å². The number of carbonyl (C=O) groups is 1. The van der Waals surface area contributed by atoms with Gasteiger partial charge in [-0.15, -0.1) is 8.78 Å². The molecule has 0 radical (unpaired) electrons. The van der Waals surface area contributed by atoms with E-state index in [1.165, 1.54) is 24.5 Å². The average Bonchev–Trinajstić information content (AvgIpc) is 3.11. The summed E-state index contributed by atoms with van der Waals surface area (Å²) in [5.74, 6) is -0.395. The molecular weight excluding hydrogens is 394 g/mol. The maximum Gasteiger partial charge on any atom is 0.586 e. The van der Waals surface area contributed by atoms with Gasteiger partial charge in [-0.1, -0.05) is 11.6 Å². The predicted octanol–water partition coefficient (Wildman–Crippen LogP) is 3.85. The van der Waals surface area contributed by atoms with Crippen molar-refractivity contribution in [1.82, 2.24) is 9.97 Å². The number of halogens is 3. The number of carbonyl (C=O) groups excluding carboxylic acids is 1. The summed E-state index contributed by atoms with van der Waals surface area (Å²) < 4.78 is 35.2. The maximum absolute atomic E-state index is 13.2. The number of ether oxygens (including phenoxy) is 2. The average molecular weight is 407 g/mol. The number of hydrogen-bond acceptors (Lipinski definition) is 6. The van der Waals surface area contributed by atoms with Gasteiger partial charge in [-0.05, 0) is 25.5 Å². The molecule has 4 rings (SSSR count). The summed E-state index contributed by atoms with van der Waals surface area (Å²) in [6.07, 6.45) is -1.02. The summed E-state index contributed by atoms with van der Waals surface area (Å²) in [6, 6.07) is 2.52. The van der Waals surface area contributed by atoms with E-state index >= 15 is 0 Å². The molecule has 2 aliphatic rings. The first kappa shape index (κ1) is 18.3. The molecule has 10 heteroatoms. The van der Waals surface area contributed by atoms with E-state index in [0.29, 0.717) is 29.1 Å². The van der Waals surface area contributed by atoms with E-state index in [1.54, 1.807) is 6.92 Å². The summed E-state index contributed by atoms with van der Waals surface area (Å²) in [5, 5.41) is 2.81. The Morgan fingerprint density at radius 1 is 1.18 bits per heavy atom. The Hall–Kier alpha value is -3.07. The molecule has 144 valence electrons.